The third-order valence-electron chi connectivity index (χ3n) is 4.12. The second-order valence-electron chi connectivity index (χ2n) is 5.56. The maximum atomic E-state index is 12.9. The number of aromatic nitrogens is 5. The van der Waals surface area contributed by atoms with E-state index in [0.29, 0.717) is 12.1 Å². The van der Waals surface area contributed by atoms with Crippen molar-refractivity contribution >= 4 is 5.52 Å². The van der Waals surface area contributed by atoms with E-state index in [4.69, 9.17) is 0 Å². The van der Waals surface area contributed by atoms with E-state index in [2.05, 4.69) is 20.1 Å². The first kappa shape index (κ1) is 13.2. The molecular weight excluding hydrogens is 288 g/mol. The summed E-state index contributed by atoms with van der Waals surface area (Å²) in [6.45, 7) is 1.84. The highest BCUT2D eigenvalue weighted by Crippen LogP contribution is 2.52. The van der Waals surface area contributed by atoms with Gasteiger partial charge in [-0.25, -0.2) is 28.2 Å². The molecule has 0 amide bonds. The molecule has 0 saturated heterocycles. The maximum Gasteiger partial charge on any atom is 0.242 e. The molecule has 7 heteroatoms. The van der Waals surface area contributed by atoms with E-state index in [1.54, 1.807) is 23.1 Å². The smallest absolute Gasteiger partial charge is 0.242 e. The average Bonchev–Trinajstić information content (AvgIpc) is 3.26. The molecule has 112 valence electrons. The van der Waals surface area contributed by atoms with E-state index in [0.717, 1.165) is 22.5 Å². The molecule has 1 fully saturated rings. The highest BCUT2D eigenvalue weighted by atomic mass is 19.3. The number of nitrogens with zero attached hydrogens (tertiary/aromatic N) is 5. The summed E-state index contributed by atoms with van der Waals surface area (Å²) in [7, 11) is 0. The van der Waals surface area contributed by atoms with Gasteiger partial charge in [-0.05, 0) is 30.9 Å². The van der Waals surface area contributed by atoms with Crippen molar-refractivity contribution in [3.05, 3.63) is 42.4 Å². The summed E-state index contributed by atoms with van der Waals surface area (Å²) in [6, 6.07) is 1.86. The second-order valence-corrected chi connectivity index (χ2v) is 5.56. The van der Waals surface area contributed by atoms with Gasteiger partial charge in [0.15, 0.2) is 0 Å². The number of hydrogen-bond donors (Lipinski definition) is 0. The first-order valence-electron chi connectivity index (χ1n) is 7.04. The lowest BCUT2D eigenvalue weighted by Crippen LogP contribution is -2.02. The fourth-order valence-electron chi connectivity index (χ4n) is 2.84. The number of aryl methyl sites for hydroxylation is 1. The van der Waals surface area contributed by atoms with Gasteiger partial charge in [-0.2, -0.15) is 5.10 Å². The third kappa shape index (κ3) is 2.04. The van der Waals surface area contributed by atoms with Gasteiger partial charge in [-0.1, -0.05) is 0 Å². The molecule has 0 radical (unpaired) electrons. The van der Waals surface area contributed by atoms with E-state index in [1.165, 1.54) is 6.33 Å². The van der Waals surface area contributed by atoms with Crippen LogP contribution in [0.15, 0.2) is 31.0 Å². The van der Waals surface area contributed by atoms with Gasteiger partial charge in [0.25, 0.3) is 0 Å². The number of hydrogen-bond acceptors (Lipinski definition) is 4. The molecule has 0 N–H and O–H groups in total. The number of imidazole rings is 1. The normalized spacial score (nSPS) is 20.7. The first-order chi connectivity index (χ1) is 10.6. The average molecular weight is 301 g/mol. The zero-order valence-electron chi connectivity index (χ0n) is 11.8. The molecule has 1 aliphatic carbocycles. The topological polar surface area (TPSA) is 56.0 Å². The molecule has 2 atom stereocenters. The van der Waals surface area contributed by atoms with Crippen LogP contribution in [0.1, 0.15) is 23.7 Å². The Morgan fingerprint density at radius 1 is 1.23 bits per heavy atom. The SMILES string of the molecule is Cc1ncc2c([C@H]3C[C@@H]3C(F)F)cc(-c3cncnc3)nn12. The fourth-order valence-corrected chi connectivity index (χ4v) is 2.84. The lowest BCUT2D eigenvalue weighted by Gasteiger charge is -2.08. The molecule has 3 aromatic heterocycles. The summed E-state index contributed by atoms with van der Waals surface area (Å²) in [6.07, 6.45) is 4.68. The van der Waals surface area contributed by atoms with Crippen molar-refractivity contribution in [1.82, 2.24) is 24.6 Å². The van der Waals surface area contributed by atoms with Gasteiger partial charge >= 0.3 is 0 Å². The van der Waals surface area contributed by atoms with Crippen molar-refractivity contribution in [2.45, 2.75) is 25.7 Å². The third-order valence-corrected chi connectivity index (χ3v) is 4.12. The monoisotopic (exact) mass is 301 g/mol. The predicted molar refractivity (Wildman–Crippen MR) is 75.6 cm³/mol. The van der Waals surface area contributed by atoms with Gasteiger partial charge < -0.3 is 0 Å². The molecule has 5 nitrogen and oxygen atoms in total. The molecular formula is C15H13F2N5. The molecule has 0 bridgehead atoms. The second kappa shape index (κ2) is 4.79. The molecule has 1 aliphatic rings. The van der Waals surface area contributed by atoms with Gasteiger partial charge in [0.1, 0.15) is 12.2 Å². The number of halogens is 2. The van der Waals surface area contributed by atoms with Gasteiger partial charge in [0, 0.05) is 23.9 Å². The van der Waals surface area contributed by atoms with Gasteiger partial charge in [-0.15, -0.1) is 0 Å². The zero-order valence-corrected chi connectivity index (χ0v) is 11.8. The fraction of sp³-hybridized carbons (Fsp3) is 0.333. The van der Waals surface area contributed by atoms with Crippen LogP contribution in [0.3, 0.4) is 0 Å². The van der Waals surface area contributed by atoms with Crippen LogP contribution in [-0.4, -0.2) is 31.0 Å². The molecule has 0 aromatic carbocycles. The summed E-state index contributed by atoms with van der Waals surface area (Å²) in [5, 5.41) is 4.53. The van der Waals surface area contributed by atoms with Crippen LogP contribution in [0.5, 0.6) is 0 Å². The number of rotatable bonds is 3. The molecule has 1 saturated carbocycles. The minimum absolute atomic E-state index is 0.134. The van der Waals surface area contributed by atoms with Crippen molar-refractivity contribution in [1.29, 1.82) is 0 Å². The lowest BCUT2D eigenvalue weighted by atomic mass is 10.1. The minimum Gasteiger partial charge on any atom is -0.244 e. The highest BCUT2D eigenvalue weighted by molar-refractivity contribution is 5.65. The van der Waals surface area contributed by atoms with Crippen molar-refractivity contribution in [2.24, 2.45) is 5.92 Å². The Balaban J connectivity index is 1.88. The Bertz CT molecular complexity index is 831. The van der Waals surface area contributed by atoms with Crippen molar-refractivity contribution in [2.75, 3.05) is 0 Å². The van der Waals surface area contributed by atoms with Gasteiger partial charge in [0.05, 0.1) is 17.4 Å². The van der Waals surface area contributed by atoms with Crippen LogP contribution >= 0.6 is 0 Å². The molecule has 0 unspecified atom stereocenters. The lowest BCUT2D eigenvalue weighted by molar-refractivity contribution is 0.120. The standard InChI is InChI=1S/C15H13F2N5/c1-8-20-6-14-11(10-2-12(10)15(16)17)3-13(21-22(8)14)9-4-18-7-19-5-9/h3-7,10,12,15H,2H2,1H3/t10-,12+/m1/s1. The minimum atomic E-state index is -2.29. The van der Waals surface area contributed by atoms with E-state index in [1.807, 2.05) is 13.0 Å². The first-order valence-corrected chi connectivity index (χ1v) is 7.04. The van der Waals surface area contributed by atoms with Crippen molar-refractivity contribution < 1.29 is 8.78 Å². The van der Waals surface area contributed by atoms with Crippen molar-refractivity contribution in [3.8, 4) is 11.3 Å². The number of fused-ring (bicyclic) bond motifs is 1. The maximum absolute atomic E-state index is 12.9. The van der Waals surface area contributed by atoms with Crippen LogP contribution in [0.2, 0.25) is 0 Å². The highest BCUT2D eigenvalue weighted by Gasteiger charge is 2.46. The Hall–Kier alpha value is -2.44. The van der Waals surface area contributed by atoms with Crippen LogP contribution in [0.4, 0.5) is 8.78 Å². The van der Waals surface area contributed by atoms with Gasteiger partial charge in [-0.3, -0.25) is 0 Å². The van der Waals surface area contributed by atoms with E-state index >= 15 is 0 Å². The summed E-state index contributed by atoms with van der Waals surface area (Å²) >= 11 is 0. The van der Waals surface area contributed by atoms with Crippen molar-refractivity contribution in [3.63, 3.8) is 0 Å². The summed E-state index contributed by atoms with van der Waals surface area (Å²) in [4.78, 5) is 12.2. The molecule has 0 spiro atoms. The predicted octanol–water partition coefficient (Wildman–Crippen LogP) is 2.86. The molecule has 4 rings (SSSR count). The Labute approximate surface area is 125 Å². The zero-order chi connectivity index (χ0) is 15.3. The van der Waals surface area contributed by atoms with Crippen LogP contribution in [-0.2, 0) is 0 Å². The van der Waals surface area contributed by atoms with Crippen LogP contribution < -0.4 is 0 Å². The van der Waals surface area contributed by atoms with E-state index < -0.39 is 12.3 Å². The largest absolute Gasteiger partial charge is 0.244 e. The number of alkyl halides is 2. The van der Waals surface area contributed by atoms with Crippen LogP contribution in [0, 0.1) is 12.8 Å². The molecule has 22 heavy (non-hydrogen) atoms. The quantitative estimate of drug-likeness (QED) is 0.746. The van der Waals surface area contributed by atoms with E-state index in [-0.39, 0.29) is 5.92 Å². The molecule has 3 aromatic rings. The Morgan fingerprint density at radius 3 is 2.68 bits per heavy atom. The van der Waals surface area contributed by atoms with Crippen LogP contribution in [0.25, 0.3) is 16.8 Å². The summed E-state index contributed by atoms with van der Waals surface area (Å²) in [5.41, 5.74) is 3.10. The van der Waals surface area contributed by atoms with E-state index in [9.17, 15) is 8.78 Å². The molecule has 3 heterocycles. The Morgan fingerprint density at radius 2 is 2.00 bits per heavy atom. The summed E-state index contributed by atoms with van der Waals surface area (Å²) < 4.78 is 27.6. The van der Waals surface area contributed by atoms with Gasteiger partial charge in [0.2, 0.25) is 6.43 Å². The Kier molecular flexibility index (Phi) is 2.88. The summed E-state index contributed by atoms with van der Waals surface area (Å²) in [5.74, 6) is 0.0236. The molecule has 0 aliphatic heterocycles.